The van der Waals surface area contributed by atoms with Gasteiger partial charge in [-0.25, -0.2) is 4.79 Å². The molecule has 0 aromatic carbocycles. The zero-order valence-electron chi connectivity index (χ0n) is 7.40. The number of carbonyl (C=O) groups is 2. The molecule has 13 heavy (non-hydrogen) atoms. The van der Waals surface area contributed by atoms with Gasteiger partial charge in [0.1, 0.15) is 0 Å². The fraction of sp³-hybridized carbons (Fsp3) is 0.429. The molecule has 0 aliphatic carbocycles. The van der Waals surface area contributed by atoms with Crippen LogP contribution in [0.25, 0.3) is 0 Å². The quantitative estimate of drug-likeness (QED) is 0.367. The molecule has 2 N–H and O–H groups in total. The van der Waals surface area contributed by atoms with Crippen LogP contribution in [0.2, 0.25) is 0 Å². The number of primary amides is 1. The number of ketones is 1. The second-order valence-electron chi connectivity index (χ2n) is 2.01. The molecule has 1 amide bonds. The van der Waals surface area contributed by atoms with Crippen LogP contribution in [0.3, 0.4) is 0 Å². The van der Waals surface area contributed by atoms with Gasteiger partial charge >= 0.3 is 6.09 Å². The maximum atomic E-state index is 11.2. The van der Waals surface area contributed by atoms with Gasteiger partial charge in [0, 0.05) is 14.2 Å². The lowest BCUT2D eigenvalue weighted by Gasteiger charge is -2.12. The van der Waals surface area contributed by atoms with Crippen molar-refractivity contribution < 1.29 is 23.8 Å². The molecule has 0 atom stereocenters. The first-order valence-corrected chi connectivity index (χ1v) is 3.29. The fourth-order valence-corrected chi connectivity index (χ4v) is 0.613. The van der Waals surface area contributed by atoms with Gasteiger partial charge < -0.3 is 19.9 Å². The van der Waals surface area contributed by atoms with Crippen molar-refractivity contribution in [3.8, 4) is 0 Å². The molecule has 0 rings (SSSR count). The second-order valence-corrected chi connectivity index (χ2v) is 2.01. The van der Waals surface area contributed by atoms with E-state index < -0.39 is 23.9 Å². The zero-order valence-corrected chi connectivity index (χ0v) is 7.40. The molecule has 0 saturated carbocycles. The molecule has 6 nitrogen and oxygen atoms in total. The predicted octanol–water partition coefficient (Wildman–Crippen LogP) is -0.217. The summed E-state index contributed by atoms with van der Waals surface area (Å²) in [5, 5.41) is 0. The first kappa shape index (κ1) is 11.6. The lowest BCUT2D eigenvalue weighted by atomic mass is 10.3. The first-order chi connectivity index (χ1) is 6.02. The Balaban J connectivity index is 4.24. The molecular weight excluding hydrogens is 178 g/mol. The van der Waals surface area contributed by atoms with Crippen LogP contribution in [-0.2, 0) is 19.0 Å². The Bertz CT molecular complexity index is 221. The van der Waals surface area contributed by atoms with Crippen LogP contribution >= 0.6 is 0 Å². The second kappa shape index (κ2) is 5.28. The van der Waals surface area contributed by atoms with Gasteiger partial charge in [-0.15, -0.1) is 0 Å². The van der Waals surface area contributed by atoms with Crippen LogP contribution < -0.4 is 5.73 Å². The van der Waals surface area contributed by atoms with Crippen molar-refractivity contribution in [3.63, 3.8) is 0 Å². The van der Waals surface area contributed by atoms with E-state index >= 15 is 0 Å². The Morgan fingerprint density at radius 2 is 1.77 bits per heavy atom. The van der Waals surface area contributed by atoms with Crippen molar-refractivity contribution in [1.29, 1.82) is 0 Å². The molecular formula is C7H11NO5. The number of nitrogens with two attached hydrogens (primary N) is 1. The molecule has 0 aliphatic rings. The highest BCUT2D eigenvalue weighted by Crippen LogP contribution is 2.03. The van der Waals surface area contributed by atoms with Crippen LogP contribution in [0.1, 0.15) is 0 Å². The van der Waals surface area contributed by atoms with E-state index in [1.54, 1.807) is 0 Å². The summed E-state index contributed by atoms with van der Waals surface area (Å²) in [6, 6.07) is 0. The molecule has 74 valence electrons. The maximum Gasteiger partial charge on any atom is 0.410 e. The molecule has 0 heterocycles. The first-order valence-electron chi connectivity index (χ1n) is 3.29. The molecule has 0 aliphatic heterocycles. The minimum atomic E-state index is -1.13. The van der Waals surface area contributed by atoms with Crippen molar-refractivity contribution >= 4 is 11.9 Å². The normalized spacial score (nSPS) is 9.77. The largest absolute Gasteiger partial charge is 0.410 e. The Morgan fingerprint density at radius 3 is 2.08 bits per heavy atom. The Morgan fingerprint density at radius 1 is 1.31 bits per heavy atom. The molecule has 0 aromatic rings. The van der Waals surface area contributed by atoms with E-state index in [-0.39, 0.29) is 0 Å². The third-order valence-corrected chi connectivity index (χ3v) is 1.14. The van der Waals surface area contributed by atoms with Crippen molar-refractivity contribution in [2.45, 2.75) is 6.29 Å². The summed E-state index contributed by atoms with van der Waals surface area (Å²) >= 11 is 0. The van der Waals surface area contributed by atoms with Gasteiger partial charge in [-0.2, -0.15) is 0 Å². The van der Waals surface area contributed by atoms with Crippen molar-refractivity contribution in [2.24, 2.45) is 5.73 Å². The summed E-state index contributed by atoms with van der Waals surface area (Å²) in [4.78, 5) is 21.4. The highest BCUT2D eigenvalue weighted by atomic mass is 16.7. The van der Waals surface area contributed by atoms with Gasteiger partial charge in [-0.05, 0) is 0 Å². The highest BCUT2D eigenvalue weighted by Gasteiger charge is 2.22. The average Bonchev–Trinajstić information content (AvgIpc) is 2.05. The fourth-order valence-electron chi connectivity index (χ4n) is 0.613. The smallest absolute Gasteiger partial charge is 0.407 e. The SMILES string of the molecule is C=C(OC(N)=O)C(=O)C(OC)OC. The van der Waals surface area contributed by atoms with Crippen LogP contribution in [0.4, 0.5) is 4.79 Å². The summed E-state index contributed by atoms with van der Waals surface area (Å²) in [7, 11) is 2.53. The predicted molar refractivity (Wildman–Crippen MR) is 42.6 cm³/mol. The Hall–Kier alpha value is -1.40. The van der Waals surface area contributed by atoms with Crippen molar-refractivity contribution in [2.75, 3.05) is 14.2 Å². The monoisotopic (exact) mass is 189 g/mol. The van der Waals surface area contributed by atoms with Crippen molar-refractivity contribution in [3.05, 3.63) is 12.3 Å². The number of methoxy groups -OCH3 is 2. The summed E-state index contributed by atoms with van der Waals surface area (Å²) < 4.78 is 13.4. The lowest BCUT2D eigenvalue weighted by Crippen LogP contribution is -2.28. The summed E-state index contributed by atoms with van der Waals surface area (Å²) in [6.45, 7) is 3.18. The topological polar surface area (TPSA) is 87.9 Å². The minimum Gasteiger partial charge on any atom is -0.407 e. The number of hydrogen-bond donors (Lipinski definition) is 1. The van der Waals surface area contributed by atoms with Gasteiger partial charge in [0.25, 0.3) is 5.78 Å². The van der Waals surface area contributed by atoms with Gasteiger partial charge in [0.15, 0.2) is 5.76 Å². The third kappa shape index (κ3) is 3.68. The van der Waals surface area contributed by atoms with E-state index in [0.29, 0.717) is 0 Å². The van der Waals surface area contributed by atoms with Gasteiger partial charge in [-0.3, -0.25) is 4.79 Å². The van der Waals surface area contributed by atoms with E-state index in [1.807, 2.05) is 0 Å². The van der Waals surface area contributed by atoms with Crippen LogP contribution in [0.15, 0.2) is 12.3 Å². The molecule has 0 radical (unpaired) electrons. The van der Waals surface area contributed by atoms with E-state index in [0.717, 1.165) is 0 Å². The minimum absolute atomic E-state index is 0.416. The summed E-state index contributed by atoms with van der Waals surface area (Å²) in [5.74, 6) is -1.11. The molecule has 0 fully saturated rings. The van der Waals surface area contributed by atoms with E-state index in [4.69, 9.17) is 0 Å². The van der Waals surface area contributed by atoms with Crippen LogP contribution in [0.5, 0.6) is 0 Å². The van der Waals surface area contributed by atoms with Gasteiger partial charge in [0.05, 0.1) is 0 Å². The standard InChI is InChI=1S/C7H11NO5/c1-4(13-7(8)10)5(9)6(11-2)12-3/h6H,1H2,2-3H3,(H2,8,10). The Kier molecular flexibility index (Phi) is 4.71. The van der Waals surface area contributed by atoms with E-state index in [9.17, 15) is 9.59 Å². The molecule has 0 saturated heterocycles. The molecule has 0 spiro atoms. The van der Waals surface area contributed by atoms with Gasteiger partial charge in [-0.1, -0.05) is 6.58 Å². The number of carbonyl (C=O) groups excluding carboxylic acids is 2. The lowest BCUT2D eigenvalue weighted by molar-refractivity contribution is -0.155. The van der Waals surface area contributed by atoms with Crippen LogP contribution in [0, 0.1) is 0 Å². The van der Waals surface area contributed by atoms with Crippen molar-refractivity contribution in [1.82, 2.24) is 0 Å². The summed E-state index contributed by atoms with van der Waals surface area (Å²) in [5.41, 5.74) is 4.66. The Labute approximate surface area is 75.2 Å². The molecule has 0 bridgehead atoms. The number of amides is 1. The number of rotatable bonds is 5. The van der Waals surface area contributed by atoms with E-state index in [2.05, 4.69) is 26.5 Å². The number of ether oxygens (including phenoxy) is 3. The number of Topliss-reactive ketones (excluding diaryl/α,β-unsaturated/α-hetero) is 1. The highest BCUT2D eigenvalue weighted by molar-refractivity contribution is 5.97. The summed E-state index contributed by atoms with van der Waals surface area (Å²) in [6.07, 6.45) is -2.24. The molecule has 0 unspecified atom stereocenters. The molecule has 6 heteroatoms. The third-order valence-electron chi connectivity index (χ3n) is 1.14. The zero-order chi connectivity index (χ0) is 10.4. The maximum absolute atomic E-state index is 11.2. The van der Waals surface area contributed by atoms with E-state index in [1.165, 1.54) is 14.2 Å². The molecule has 0 aromatic heterocycles. The van der Waals surface area contributed by atoms with Crippen LogP contribution in [-0.4, -0.2) is 32.4 Å². The number of hydrogen-bond acceptors (Lipinski definition) is 5. The van der Waals surface area contributed by atoms with Gasteiger partial charge in [0.2, 0.25) is 6.29 Å². The average molecular weight is 189 g/mol.